The van der Waals surface area contributed by atoms with Crippen molar-refractivity contribution in [2.24, 2.45) is 0 Å². The summed E-state index contributed by atoms with van der Waals surface area (Å²) in [4.78, 5) is 36.7. The monoisotopic (exact) mass is 312 g/mol. The van der Waals surface area contributed by atoms with Gasteiger partial charge in [-0.1, -0.05) is 0 Å². The number of hydrogen-bond acceptors (Lipinski definition) is 7. The van der Waals surface area contributed by atoms with Gasteiger partial charge < -0.3 is 19.7 Å². The normalized spacial score (nSPS) is 24.8. The quantitative estimate of drug-likeness (QED) is 0.449. The third-order valence-corrected chi connectivity index (χ3v) is 3.29. The molecular formula is C13H16N2O7. The molecule has 0 amide bonds. The fourth-order valence-electron chi connectivity index (χ4n) is 2.11. The van der Waals surface area contributed by atoms with Crippen LogP contribution in [0.15, 0.2) is 21.9 Å². The Bertz CT molecular complexity index is 690. The number of H-pyrrole nitrogens is 1. The predicted octanol–water partition coefficient (Wildman–Crippen LogP) is -1.64. The summed E-state index contributed by atoms with van der Waals surface area (Å²) in [5, 5.41) is 18.7. The van der Waals surface area contributed by atoms with Gasteiger partial charge in [-0.2, -0.15) is 0 Å². The summed E-state index contributed by atoms with van der Waals surface area (Å²) in [7, 11) is 1.20. The van der Waals surface area contributed by atoms with E-state index in [4.69, 9.17) is 9.84 Å². The lowest BCUT2D eigenvalue weighted by atomic mass is 10.2. The number of methoxy groups -OCH3 is 1. The largest absolute Gasteiger partial charge is 0.466 e. The molecule has 3 N–H and O–H groups in total. The Labute approximate surface area is 124 Å². The van der Waals surface area contributed by atoms with Crippen molar-refractivity contribution in [3.8, 4) is 0 Å². The molecule has 9 heteroatoms. The van der Waals surface area contributed by atoms with Gasteiger partial charge in [0.1, 0.15) is 12.3 Å². The molecule has 120 valence electrons. The summed E-state index contributed by atoms with van der Waals surface area (Å²) in [5.41, 5.74) is -1.33. The maximum absolute atomic E-state index is 11.8. The lowest BCUT2D eigenvalue weighted by Gasteiger charge is -2.14. The first-order valence-electron chi connectivity index (χ1n) is 6.52. The number of rotatable bonds is 4. The van der Waals surface area contributed by atoms with E-state index in [-0.39, 0.29) is 18.6 Å². The highest BCUT2D eigenvalue weighted by molar-refractivity contribution is 5.86. The third kappa shape index (κ3) is 3.32. The average molecular weight is 312 g/mol. The van der Waals surface area contributed by atoms with E-state index in [1.165, 1.54) is 19.4 Å². The predicted molar refractivity (Wildman–Crippen MR) is 74.0 cm³/mol. The van der Waals surface area contributed by atoms with E-state index < -0.39 is 35.7 Å². The van der Waals surface area contributed by atoms with Crippen LogP contribution in [0.25, 0.3) is 6.08 Å². The summed E-state index contributed by atoms with van der Waals surface area (Å²) in [6.07, 6.45) is 1.03. The highest BCUT2D eigenvalue weighted by Gasteiger charge is 2.35. The second kappa shape index (κ2) is 6.69. The Balaban J connectivity index is 2.33. The Morgan fingerprint density at radius 2 is 2.32 bits per heavy atom. The Kier molecular flexibility index (Phi) is 4.91. The number of aliphatic hydroxyl groups is 2. The van der Waals surface area contributed by atoms with Gasteiger partial charge in [0.2, 0.25) is 0 Å². The lowest BCUT2D eigenvalue weighted by Crippen LogP contribution is -2.33. The molecule has 0 spiro atoms. The van der Waals surface area contributed by atoms with Crippen molar-refractivity contribution in [1.29, 1.82) is 0 Å². The molecule has 0 bridgehead atoms. The second-order valence-corrected chi connectivity index (χ2v) is 4.72. The number of aliphatic hydroxyl groups excluding tert-OH is 2. The number of nitrogens with zero attached hydrogens (tertiary/aromatic N) is 1. The molecule has 2 heterocycles. The maximum Gasteiger partial charge on any atom is 0.330 e. The summed E-state index contributed by atoms with van der Waals surface area (Å²) < 4.78 is 10.9. The zero-order valence-corrected chi connectivity index (χ0v) is 11.8. The van der Waals surface area contributed by atoms with Crippen LogP contribution in [-0.4, -0.2) is 51.7 Å². The van der Waals surface area contributed by atoms with Gasteiger partial charge in [0.25, 0.3) is 5.56 Å². The van der Waals surface area contributed by atoms with Gasteiger partial charge >= 0.3 is 11.7 Å². The van der Waals surface area contributed by atoms with Crippen molar-refractivity contribution >= 4 is 12.0 Å². The molecule has 0 radical (unpaired) electrons. The summed E-state index contributed by atoms with van der Waals surface area (Å²) in [6.45, 7) is -0.384. The van der Waals surface area contributed by atoms with E-state index in [9.17, 15) is 19.5 Å². The van der Waals surface area contributed by atoms with Gasteiger partial charge in [0.05, 0.1) is 25.4 Å². The standard InChI is InChI=1S/C13H16N2O7/c1-21-11(18)3-2-7-5-15(13(20)14-12(7)19)10-4-8(17)9(6-16)22-10/h2-3,5,8-10,16-17H,4,6H2,1H3,(H,14,19,20)/b3-2-/t8-,9+,10+/m0/s1. The van der Waals surface area contributed by atoms with E-state index >= 15 is 0 Å². The van der Waals surface area contributed by atoms with Crippen LogP contribution < -0.4 is 11.2 Å². The molecule has 0 saturated carbocycles. The number of ether oxygens (including phenoxy) is 2. The van der Waals surface area contributed by atoms with E-state index in [0.717, 1.165) is 10.6 Å². The number of aromatic nitrogens is 2. The smallest absolute Gasteiger partial charge is 0.330 e. The topological polar surface area (TPSA) is 131 Å². The molecule has 22 heavy (non-hydrogen) atoms. The minimum atomic E-state index is -0.914. The molecule has 0 aromatic carbocycles. The first kappa shape index (κ1) is 16.1. The van der Waals surface area contributed by atoms with Crippen LogP contribution in [0.5, 0.6) is 0 Å². The molecular weight excluding hydrogens is 296 g/mol. The van der Waals surface area contributed by atoms with Crippen LogP contribution in [0.2, 0.25) is 0 Å². The highest BCUT2D eigenvalue weighted by Crippen LogP contribution is 2.27. The van der Waals surface area contributed by atoms with Gasteiger partial charge in [-0.3, -0.25) is 14.3 Å². The summed E-state index contributed by atoms with van der Waals surface area (Å²) in [6, 6.07) is 0. The Morgan fingerprint density at radius 1 is 1.59 bits per heavy atom. The lowest BCUT2D eigenvalue weighted by molar-refractivity contribution is -0.134. The molecule has 1 aliphatic rings. The molecule has 1 fully saturated rings. The fraction of sp³-hybridized carbons (Fsp3) is 0.462. The molecule has 1 aromatic rings. The molecule has 0 unspecified atom stereocenters. The van der Waals surface area contributed by atoms with E-state index in [1.807, 2.05) is 0 Å². The van der Waals surface area contributed by atoms with E-state index in [1.54, 1.807) is 0 Å². The average Bonchev–Trinajstić information content (AvgIpc) is 2.86. The molecule has 1 aliphatic heterocycles. The third-order valence-electron chi connectivity index (χ3n) is 3.29. The minimum absolute atomic E-state index is 0.0514. The van der Waals surface area contributed by atoms with Crippen molar-refractivity contribution in [3.63, 3.8) is 0 Å². The fourth-order valence-corrected chi connectivity index (χ4v) is 2.11. The van der Waals surface area contributed by atoms with Gasteiger partial charge in [-0.05, 0) is 6.08 Å². The van der Waals surface area contributed by atoms with Crippen molar-refractivity contribution < 1.29 is 24.5 Å². The minimum Gasteiger partial charge on any atom is -0.466 e. The van der Waals surface area contributed by atoms with Crippen molar-refractivity contribution in [2.75, 3.05) is 13.7 Å². The molecule has 1 aromatic heterocycles. The van der Waals surface area contributed by atoms with Crippen LogP contribution in [0.1, 0.15) is 18.2 Å². The highest BCUT2D eigenvalue weighted by atomic mass is 16.5. The number of carbonyl (C=O) groups excluding carboxylic acids is 1. The number of hydrogen-bond donors (Lipinski definition) is 3. The SMILES string of the molecule is COC(=O)/C=C\c1cn([C@H]2C[C@H](O)[C@@H](CO)O2)c(=O)[nH]c1=O. The summed E-state index contributed by atoms with van der Waals surface area (Å²) in [5.74, 6) is -0.648. The zero-order valence-electron chi connectivity index (χ0n) is 11.8. The molecule has 1 saturated heterocycles. The first-order valence-corrected chi connectivity index (χ1v) is 6.52. The van der Waals surface area contributed by atoms with Crippen LogP contribution in [-0.2, 0) is 14.3 Å². The Hall–Kier alpha value is -2.23. The van der Waals surface area contributed by atoms with Gasteiger partial charge in [0.15, 0.2) is 0 Å². The maximum atomic E-state index is 11.8. The van der Waals surface area contributed by atoms with Crippen molar-refractivity contribution in [3.05, 3.63) is 38.7 Å². The number of esters is 1. The van der Waals surface area contributed by atoms with Gasteiger partial charge in [-0.25, -0.2) is 9.59 Å². The van der Waals surface area contributed by atoms with Crippen molar-refractivity contribution in [2.45, 2.75) is 24.9 Å². The van der Waals surface area contributed by atoms with Crippen LogP contribution in [0.3, 0.4) is 0 Å². The molecule has 9 nitrogen and oxygen atoms in total. The number of aromatic amines is 1. The number of carbonyl (C=O) groups is 1. The van der Waals surface area contributed by atoms with E-state index in [2.05, 4.69) is 9.72 Å². The van der Waals surface area contributed by atoms with Crippen LogP contribution in [0.4, 0.5) is 0 Å². The Morgan fingerprint density at radius 3 is 2.91 bits per heavy atom. The second-order valence-electron chi connectivity index (χ2n) is 4.72. The number of nitrogens with one attached hydrogen (secondary N) is 1. The summed E-state index contributed by atoms with van der Waals surface area (Å²) >= 11 is 0. The first-order chi connectivity index (χ1) is 10.5. The van der Waals surface area contributed by atoms with Gasteiger partial charge in [-0.15, -0.1) is 0 Å². The molecule has 0 aliphatic carbocycles. The molecule has 2 rings (SSSR count). The molecule has 3 atom stereocenters. The van der Waals surface area contributed by atoms with Crippen LogP contribution >= 0.6 is 0 Å². The van der Waals surface area contributed by atoms with Crippen LogP contribution in [0, 0.1) is 0 Å². The van der Waals surface area contributed by atoms with Crippen molar-refractivity contribution in [1.82, 2.24) is 9.55 Å². The van der Waals surface area contributed by atoms with Gasteiger partial charge in [0, 0.05) is 18.7 Å². The zero-order chi connectivity index (χ0) is 16.3. The van der Waals surface area contributed by atoms with E-state index in [0.29, 0.717) is 0 Å².